The molecule has 0 aromatic heterocycles. The van der Waals surface area contributed by atoms with E-state index in [9.17, 15) is 14.9 Å². The predicted octanol–water partition coefficient (Wildman–Crippen LogP) is 6.72. The van der Waals surface area contributed by atoms with Gasteiger partial charge in [-0.3, -0.25) is 0 Å². The van der Waals surface area contributed by atoms with Crippen LogP contribution >= 0.6 is 23.5 Å². The molecule has 0 saturated carbocycles. The van der Waals surface area contributed by atoms with Crippen molar-refractivity contribution < 1.29 is 38.3 Å². The highest BCUT2D eigenvalue weighted by Gasteiger charge is 2.31. The lowest BCUT2D eigenvalue weighted by atomic mass is 10.1. The first kappa shape index (κ1) is 39.5. The number of carbonyl (C=O) groups excluding carboxylic acids is 2. The molecular formula is C37H42N4O8S2. The summed E-state index contributed by atoms with van der Waals surface area (Å²) < 4.78 is 21.4. The number of esters is 2. The van der Waals surface area contributed by atoms with Crippen LogP contribution in [0, 0.1) is 23.8 Å². The molecule has 0 aliphatic carbocycles. The van der Waals surface area contributed by atoms with Crippen LogP contribution in [0.5, 0.6) is 0 Å². The Morgan fingerprint density at radius 2 is 1.49 bits per heavy atom. The van der Waals surface area contributed by atoms with Gasteiger partial charge in [0.25, 0.3) is 0 Å². The Morgan fingerprint density at radius 3 is 2.12 bits per heavy atom. The van der Waals surface area contributed by atoms with E-state index in [2.05, 4.69) is 42.3 Å². The van der Waals surface area contributed by atoms with E-state index in [1.807, 2.05) is 42.5 Å². The summed E-state index contributed by atoms with van der Waals surface area (Å²) >= 11 is 2.86. The van der Waals surface area contributed by atoms with Crippen molar-refractivity contribution in [3.05, 3.63) is 93.9 Å². The number of anilines is 2. The van der Waals surface area contributed by atoms with Crippen molar-refractivity contribution in [1.29, 1.82) is 5.26 Å². The van der Waals surface area contributed by atoms with Crippen molar-refractivity contribution in [2.45, 2.75) is 36.5 Å². The summed E-state index contributed by atoms with van der Waals surface area (Å²) in [6.07, 6.45) is 3.21. The molecular weight excluding hydrogens is 693 g/mol. The summed E-state index contributed by atoms with van der Waals surface area (Å²) in [6.45, 7) is 17.7. The lowest BCUT2D eigenvalue weighted by Crippen LogP contribution is -2.26. The highest BCUT2D eigenvalue weighted by Crippen LogP contribution is 2.48. The molecule has 0 radical (unpaired) electrons. The Labute approximate surface area is 307 Å². The van der Waals surface area contributed by atoms with Crippen LogP contribution in [0.2, 0.25) is 0 Å². The zero-order valence-corrected chi connectivity index (χ0v) is 30.5. The van der Waals surface area contributed by atoms with E-state index in [4.69, 9.17) is 35.3 Å². The van der Waals surface area contributed by atoms with Crippen LogP contribution < -0.4 is 9.80 Å². The monoisotopic (exact) mass is 734 g/mol. The Kier molecular flexibility index (Phi) is 16.4. The van der Waals surface area contributed by atoms with Gasteiger partial charge in [-0.2, -0.15) is 5.26 Å². The fourth-order valence-corrected chi connectivity index (χ4v) is 7.25. The van der Waals surface area contributed by atoms with Crippen LogP contribution in [-0.4, -0.2) is 77.9 Å². The third kappa shape index (κ3) is 11.4. The van der Waals surface area contributed by atoms with Gasteiger partial charge in [0.1, 0.15) is 37.5 Å². The van der Waals surface area contributed by atoms with Crippen molar-refractivity contribution in [1.82, 2.24) is 0 Å². The summed E-state index contributed by atoms with van der Waals surface area (Å²) in [5.41, 5.74) is 2.25. The van der Waals surface area contributed by atoms with Gasteiger partial charge >= 0.3 is 11.9 Å². The molecule has 0 saturated heterocycles. The van der Waals surface area contributed by atoms with E-state index in [0.29, 0.717) is 16.6 Å². The zero-order valence-electron chi connectivity index (χ0n) is 28.8. The summed E-state index contributed by atoms with van der Waals surface area (Å²) in [5.74, 6) is -0.742. The quantitative estimate of drug-likeness (QED) is 0.0257. The molecule has 51 heavy (non-hydrogen) atoms. The number of nitrogens with zero attached hydrogens (tertiary/aromatic N) is 4. The third-order valence-corrected chi connectivity index (χ3v) is 10.2. The molecule has 2 aliphatic heterocycles. The topological polar surface area (TPSA) is 124 Å². The van der Waals surface area contributed by atoms with E-state index in [1.54, 1.807) is 16.7 Å². The second-order valence-corrected chi connectivity index (χ2v) is 13.3. The molecule has 14 heteroatoms. The molecule has 2 heterocycles. The van der Waals surface area contributed by atoms with Gasteiger partial charge in [0.05, 0.1) is 55.9 Å². The molecule has 270 valence electrons. The van der Waals surface area contributed by atoms with Crippen molar-refractivity contribution in [2.24, 2.45) is 5.92 Å². The third-order valence-electron chi connectivity index (χ3n) is 7.82. The first-order chi connectivity index (χ1) is 24.9. The first-order valence-corrected chi connectivity index (χ1v) is 18.2. The molecule has 0 N–H and O–H groups in total. The molecule has 2 aliphatic rings. The van der Waals surface area contributed by atoms with Crippen LogP contribution in [-0.2, 0) is 38.3 Å². The van der Waals surface area contributed by atoms with Gasteiger partial charge in [-0.25, -0.2) is 24.2 Å². The molecule has 0 amide bonds. The summed E-state index contributed by atoms with van der Waals surface area (Å²) in [7, 11) is 0. The molecule has 12 nitrogen and oxygen atoms in total. The zero-order chi connectivity index (χ0) is 36.4. The van der Waals surface area contributed by atoms with E-state index < -0.39 is 11.9 Å². The van der Waals surface area contributed by atoms with E-state index >= 15 is 0 Å². The average Bonchev–Trinajstić information content (AvgIpc) is 3.70. The van der Waals surface area contributed by atoms with Gasteiger partial charge in [-0.1, -0.05) is 74.6 Å². The number of benzene rings is 2. The lowest BCUT2D eigenvalue weighted by molar-refractivity contribution is -0.292. The second kappa shape index (κ2) is 21.2. The Bertz CT molecular complexity index is 1670. The van der Waals surface area contributed by atoms with E-state index in [0.717, 1.165) is 51.7 Å². The average molecular weight is 735 g/mol. The number of thioether (sulfide) groups is 2. The molecule has 0 bridgehead atoms. The molecule has 4 rings (SSSR count). The smallest absolute Gasteiger partial charge is 0.351 e. The van der Waals surface area contributed by atoms with Gasteiger partial charge in [0.15, 0.2) is 5.57 Å². The van der Waals surface area contributed by atoms with Gasteiger partial charge < -0.3 is 28.7 Å². The molecule has 1 atom stereocenters. The minimum Gasteiger partial charge on any atom is -0.461 e. The largest absolute Gasteiger partial charge is 0.461 e. The van der Waals surface area contributed by atoms with Gasteiger partial charge in [0.2, 0.25) is 5.70 Å². The van der Waals surface area contributed by atoms with Crippen molar-refractivity contribution >= 4 is 46.8 Å². The highest BCUT2D eigenvalue weighted by molar-refractivity contribution is 8.04. The summed E-state index contributed by atoms with van der Waals surface area (Å²) in [4.78, 5) is 44.7. The normalized spacial score (nSPS) is 15.7. The Balaban J connectivity index is 1.12. The second-order valence-electron chi connectivity index (χ2n) is 11.2. The van der Waals surface area contributed by atoms with Crippen molar-refractivity contribution in [3.63, 3.8) is 0 Å². The highest BCUT2D eigenvalue weighted by atomic mass is 32.2. The SMILES string of the molecule is [C-]#[N+]C(COOCCOCCOCCOC(=O)C(C#N)=C1Sc2ccccc2N1CCOC(=O)C=C)=C1Sc2ccccc2N1CCC(C)CC. The number of carbonyl (C=O) groups is 2. The number of para-hydroxylation sites is 2. The molecule has 1 unspecified atom stereocenters. The minimum atomic E-state index is -0.773. The number of fused-ring (bicyclic) bond motifs is 2. The maximum atomic E-state index is 12.8. The van der Waals surface area contributed by atoms with Crippen LogP contribution in [0.3, 0.4) is 0 Å². The number of ether oxygens (including phenoxy) is 4. The summed E-state index contributed by atoms with van der Waals surface area (Å²) in [6, 6.07) is 17.6. The number of hydrogen-bond donors (Lipinski definition) is 0. The first-order valence-electron chi connectivity index (χ1n) is 16.6. The van der Waals surface area contributed by atoms with Crippen LogP contribution in [0.1, 0.15) is 26.7 Å². The van der Waals surface area contributed by atoms with Crippen LogP contribution in [0.25, 0.3) is 4.85 Å². The fraction of sp³-hybridized carbons (Fsp3) is 0.405. The van der Waals surface area contributed by atoms with Crippen molar-refractivity contribution in [3.8, 4) is 6.07 Å². The molecule has 2 aromatic rings. The van der Waals surface area contributed by atoms with Crippen LogP contribution in [0.4, 0.5) is 11.4 Å². The van der Waals surface area contributed by atoms with Gasteiger partial charge in [0, 0.05) is 22.4 Å². The predicted molar refractivity (Wildman–Crippen MR) is 195 cm³/mol. The molecule has 2 aromatic carbocycles. The number of hydrogen-bond acceptors (Lipinski definition) is 13. The standard InChI is InChI=1S/C37H42N4O8S2/c1-5-27(3)15-16-40-30-11-7-10-14-33(30)51-36(40)29(39-4)26-49-48-24-22-45-20-19-44-21-23-47-37(43)28(25-38)35-41(17-18-46-34(42)6-2)31-12-8-9-13-32(31)50-35/h6-14,27H,2,5,15-24,26H2,1,3H3. The van der Waals surface area contributed by atoms with Crippen LogP contribution in [0.15, 0.2) is 92.3 Å². The molecule has 0 fully saturated rings. The summed E-state index contributed by atoms with van der Waals surface area (Å²) in [5, 5.41) is 11.1. The van der Waals surface area contributed by atoms with Gasteiger partial charge in [-0.15, -0.1) is 0 Å². The number of rotatable bonds is 21. The molecule has 0 spiro atoms. The minimum absolute atomic E-state index is 0.0283. The maximum Gasteiger partial charge on any atom is 0.351 e. The van der Waals surface area contributed by atoms with Gasteiger partial charge in [-0.05, 0) is 36.6 Å². The van der Waals surface area contributed by atoms with E-state index in [1.165, 1.54) is 11.8 Å². The fourth-order valence-electron chi connectivity index (χ4n) is 4.92. The van der Waals surface area contributed by atoms with E-state index in [-0.39, 0.29) is 65.0 Å². The lowest BCUT2D eigenvalue weighted by Gasteiger charge is -2.23. The maximum absolute atomic E-state index is 12.8. The Morgan fingerprint density at radius 1 is 0.882 bits per heavy atom. The Hall–Kier alpha value is -4.28. The van der Waals surface area contributed by atoms with Crippen molar-refractivity contribution in [2.75, 3.05) is 75.7 Å². The number of nitriles is 1.